The van der Waals surface area contributed by atoms with E-state index in [9.17, 15) is 23.4 Å². The van der Waals surface area contributed by atoms with Crippen molar-refractivity contribution >= 4 is 15.9 Å². The van der Waals surface area contributed by atoms with Crippen LogP contribution >= 0.6 is 0 Å². The zero-order valence-corrected chi connectivity index (χ0v) is 20.5. The van der Waals surface area contributed by atoms with Crippen molar-refractivity contribution in [2.24, 2.45) is 11.8 Å². The Morgan fingerprint density at radius 1 is 1.33 bits per heavy atom. The van der Waals surface area contributed by atoms with Gasteiger partial charge in [-0.05, 0) is 50.8 Å². The Morgan fingerprint density at radius 2 is 2.03 bits per heavy atom. The highest BCUT2D eigenvalue weighted by Gasteiger charge is 2.38. The molecule has 0 aromatic heterocycles. The SMILES string of the molecule is C[C@@H]1CN([C@H](C)CO)S(=O)(=O)c2ccc(C#C[C@@H](C)O)cc2O[C@@H]1CN(C)C(=O)CC1CC1. The second-order valence-electron chi connectivity index (χ2n) is 9.27. The molecule has 0 radical (unpaired) electrons. The maximum absolute atomic E-state index is 13.5. The maximum atomic E-state index is 13.5. The summed E-state index contributed by atoms with van der Waals surface area (Å²) in [7, 11) is -2.19. The lowest BCUT2D eigenvalue weighted by Crippen LogP contribution is -2.50. The molecule has 182 valence electrons. The summed E-state index contributed by atoms with van der Waals surface area (Å²) < 4.78 is 34.5. The van der Waals surface area contributed by atoms with Crippen LogP contribution in [0.15, 0.2) is 23.1 Å². The minimum atomic E-state index is -3.94. The highest BCUT2D eigenvalue weighted by atomic mass is 32.2. The van der Waals surface area contributed by atoms with E-state index in [2.05, 4.69) is 11.8 Å². The van der Waals surface area contributed by atoms with Crippen molar-refractivity contribution in [2.75, 3.05) is 26.7 Å². The predicted molar refractivity (Wildman–Crippen MR) is 124 cm³/mol. The summed E-state index contributed by atoms with van der Waals surface area (Å²) in [6.45, 7) is 5.25. The minimum Gasteiger partial charge on any atom is -0.487 e. The molecule has 1 amide bonds. The van der Waals surface area contributed by atoms with E-state index in [1.165, 1.54) is 10.4 Å². The molecule has 0 bridgehead atoms. The first-order valence-electron chi connectivity index (χ1n) is 11.4. The van der Waals surface area contributed by atoms with Crippen molar-refractivity contribution in [1.29, 1.82) is 0 Å². The van der Waals surface area contributed by atoms with Crippen LogP contribution in [0.1, 0.15) is 45.6 Å². The standard InChI is InChI=1S/C24H34N2O6S/c1-16-13-26(17(2)15-27)33(30,31)23-10-9-19(6-5-18(3)28)11-21(23)32-22(16)14-25(4)24(29)12-20-7-8-20/h9-11,16-18,20,22,27-28H,7-8,12-15H2,1-4H3/t16-,17-,18-,22-/m1/s1. The van der Waals surface area contributed by atoms with Gasteiger partial charge in [0.2, 0.25) is 15.9 Å². The van der Waals surface area contributed by atoms with Gasteiger partial charge in [-0.2, -0.15) is 4.31 Å². The number of aliphatic hydroxyl groups excluding tert-OH is 2. The summed E-state index contributed by atoms with van der Waals surface area (Å²) in [4.78, 5) is 14.2. The molecule has 0 unspecified atom stereocenters. The predicted octanol–water partition coefficient (Wildman–Crippen LogP) is 1.45. The molecule has 3 rings (SSSR count). The first-order chi connectivity index (χ1) is 15.5. The number of likely N-dealkylation sites (N-methyl/N-ethyl adjacent to an activating group) is 1. The number of hydrogen-bond acceptors (Lipinski definition) is 6. The van der Waals surface area contributed by atoms with Gasteiger partial charge in [0.25, 0.3) is 0 Å². The van der Waals surface area contributed by atoms with Crippen molar-refractivity contribution < 1.29 is 28.2 Å². The molecule has 2 N–H and O–H groups in total. The fourth-order valence-corrected chi connectivity index (χ4v) is 5.63. The number of carbonyl (C=O) groups is 1. The van der Waals surface area contributed by atoms with Crippen LogP contribution in [0.3, 0.4) is 0 Å². The second kappa shape index (κ2) is 10.4. The summed E-state index contributed by atoms with van der Waals surface area (Å²) in [5.41, 5.74) is 0.511. The second-order valence-corrected chi connectivity index (χ2v) is 11.1. The Hall–Kier alpha value is -2.12. The minimum absolute atomic E-state index is 0.00532. The van der Waals surface area contributed by atoms with Crippen molar-refractivity contribution in [1.82, 2.24) is 9.21 Å². The number of amides is 1. The molecule has 1 heterocycles. The average molecular weight is 479 g/mol. The van der Waals surface area contributed by atoms with Gasteiger partial charge in [0.05, 0.1) is 13.2 Å². The smallest absolute Gasteiger partial charge is 0.247 e. The number of hydrogen-bond donors (Lipinski definition) is 2. The summed E-state index contributed by atoms with van der Waals surface area (Å²) in [5, 5.41) is 19.2. The van der Waals surface area contributed by atoms with Gasteiger partial charge in [-0.3, -0.25) is 4.79 Å². The number of nitrogens with zero attached hydrogens (tertiary/aromatic N) is 2. The largest absolute Gasteiger partial charge is 0.487 e. The lowest BCUT2D eigenvalue weighted by Gasteiger charge is -2.37. The molecular formula is C24H34N2O6S. The van der Waals surface area contributed by atoms with E-state index in [1.807, 2.05) is 6.92 Å². The van der Waals surface area contributed by atoms with Crippen LogP contribution < -0.4 is 4.74 Å². The first kappa shape index (κ1) is 25.5. The number of benzene rings is 1. The van der Waals surface area contributed by atoms with Crippen LogP contribution in [0.4, 0.5) is 0 Å². The summed E-state index contributed by atoms with van der Waals surface area (Å²) in [6.07, 6.45) is 1.42. The van der Waals surface area contributed by atoms with Gasteiger partial charge >= 0.3 is 0 Å². The number of aliphatic hydroxyl groups is 2. The summed E-state index contributed by atoms with van der Waals surface area (Å²) in [6, 6.07) is 3.96. The van der Waals surface area contributed by atoms with Crippen LogP contribution in [0.2, 0.25) is 0 Å². The van der Waals surface area contributed by atoms with E-state index < -0.39 is 28.3 Å². The van der Waals surface area contributed by atoms with Crippen LogP contribution in [-0.2, 0) is 14.8 Å². The van der Waals surface area contributed by atoms with E-state index in [0.717, 1.165) is 12.8 Å². The Labute approximate surface area is 196 Å². The number of sulfonamides is 1. The molecule has 0 spiro atoms. The molecule has 8 nitrogen and oxygen atoms in total. The van der Waals surface area contributed by atoms with Crippen LogP contribution in [-0.4, -0.2) is 78.7 Å². The molecule has 9 heteroatoms. The van der Waals surface area contributed by atoms with Crippen molar-refractivity contribution in [3.63, 3.8) is 0 Å². The zero-order valence-electron chi connectivity index (χ0n) is 19.7. The van der Waals surface area contributed by atoms with Crippen molar-refractivity contribution in [3.05, 3.63) is 23.8 Å². The average Bonchev–Trinajstić information content (AvgIpc) is 3.57. The van der Waals surface area contributed by atoms with Gasteiger partial charge in [-0.15, -0.1) is 0 Å². The first-order valence-corrected chi connectivity index (χ1v) is 12.8. The fourth-order valence-electron chi connectivity index (χ4n) is 3.81. The van der Waals surface area contributed by atoms with Crippen molar-refractivity contribution in [2.45, 2.75) is 63.2 Å². The molecule has 0 saturated heterocycles. The fraction of sp³-hybridized carbons (Fsp3) is 0.625. The van der Waals surface area contributed by atoms with E-state index >= 15 is 0 Å². The highest BCUT2D eigenvalue weighted by Crippen LogP contribution is 2.35. The molecule has 4 atom stereocenters. The molecule has 1 saturated carbocycles. The van der Waals surface area contributed by atoms with Gasteiger partial charge in [-0.25, -0.2) is 8.42 Å². The number of carbonyl (C=O) groups excluding carboxylic acids is 1. The molecule has 1 aromatic carbocycles. The van der Waals surface area contributed by atoms with E-state index in [-0.39, 0.29) is 35.6 Å². The number of ether oxygens (including phenoxy) is 1. The topological polar surface area (TPSA) is 107 Å². The van der Waals surface area contributed by atoms with Crippen LogP contribution in [0, 0.1) is 23.7 Å². The molecule has 1 aliphatic carbocycles. The number of rotatable bonds is 6. The Bertz CT molecular complexity index is 1030. The third-order valence-corrected chi connectivity index (χ3v) is 8.15. The number of fused-ring (bicyclic) bond motifs is 1. The molecule has 1 fully saturated rings. The van der Waals surface area contributed by atoms with Crippen LogP contribution in [0.25, 0.3) is 0 Å². The lowest BCUT2D eigenvalue weighted by molar-refractivity contribution is -0.131. The van der Waals surface area contributed by atoms with Gasteiger partial charge < -0.3 is 19.8 Å². The lowest BCUT2D eigenvalue weighted by atomic mass is 10.0. The van der Waals surface area contributed by atoms with Crippen LogP contribution in [0.5, 0.6) is 5.75 Å². The normalized spacial score (nSPS) is 24.2. The van der Waals surface area contributed by atoms with E-state index in [0.29, 0.717) is 24.4 Å². The Kier molecular flexibility index (Phi) is 8.06. The highest BCUT2D eigenvalue weighted by molar-refractivity contribution is 7.89. The van der Waals surface area contributed by atoms with E-state index in [4.69, 9.17) is 4.74 Å². The van der Waals surface area contributed by atoms with Gasteiger partial charge in [0, 0.05) is 37.5 Å². The Balaban J connectivity index is 1.99. The van der Waals surface area contributed by atoms with Gasteiger partial charge in [0.1, 0.15) is 22.9 Å². The maximum Gasteiger partial charge on any atom is 0.247 e. The van der Waals surface area contributed by atoms with Gasteiger partial charge in [0.15, 0.2) is 0 Å². The molecule has 1 aromatic rings. The Morgan fingerprint density at radius 3 is 2.64 bits per heavy atom. The monoisotopic (exact) mass is 478 g/mol. The zero-order chi connectivity index (χ0) is 24.3. The third kappa shape index (κ3) is 6.27. The molecule has 1 aliphatic heterocycles. The third-order valence-electron chi connectivity index (χ3n) is 6.13. The van der Waals surface area contributed by atoms with E-state index in [1.54, 1.807) is 37.9 Å². The van der Waals surface area contributed by atoms with Crippen molar-refractivity contribution in [3.8, 4) is 17.6 Å². The van der Waals surface area contributed by atoms with Gasteiger partial charge in [-0.1, -0.05) is 18.8 Å². The molecule has 33 heavy (non-hydrogen) atoms. The summed E-state index contributed by atoms with van der Waals surface area (Å²) in [5.74, 6) is 5.91. The summed E-state index contributed by atoms with van der Waals surface area (Å²) >= 11 is 0. The molecular weight excluding hydrogens is 444 g/mol. The molecule has 2 aliphatic rings. The quantitative estimate of drug-likeness (QED) is 0.600.